The Labute approximate surface area is 196 Å². The van der Waals surface area contributed by atoms with Crippen LogP contribution in [0.15, 0.2) is 64.4 Å². The van der Waals surface area contributed by atoms with Crippen LogP contribution >= 0.6 is 11.8 Å². The Hall–Kier alpha value is -2.53. The Kier molecular flexibility index (Phi) is 9.42. The zero-order valence-corrected chi connectivity index (χ0v) is 20.0. The number of carbonyl (C=O) groups excluding carboxylic acids is 2. The van der Waals surface area contributed by atoms with E-state index < -0.39 is 0 Å². The van der Waals surface area contributed by atoms with Crippen LogP contribution in [0.5, 0.6) is 5.75 Å². The van der Waals surface area contributed by atoms with E-state index in [1.807, 2.05) is 54.6 Å². The molecule has 1 aliphatic heterocycles. The van der Waals surface area contributed by atoms with E-state index in [4.69, 9.17) is 4.74 Å². The SMILES string of the molecule is CCCCCCCCN1C(=O)C(Sc2ccccc2)=C(c2ccc(OCCC)cc2)C1=O. The number of unbranched alkanes of at least 4 members (excludes halogenated alkanes) is 5. The van der Waals surface area contributed by atoms with Gasteiger partial charge in [0.25, 0.3) is 11.8 Å². The van der Waals surface area contributed by atoms with Crippen LogP contribution < -0.4 is 4.74 Å². The number of amides is 2. The summed E-state index contributed by atoms with van der Waals surface area (Å²) in [4.78, 5) is 29.5. The summed E-state index contributed by atoms with van der Waals surface area (Å²) in [5.41, 5.74) is 1.26. The minimum absolute atomic E-state index is 0.182. The predicted molar refractivity (Wildman–Crippen MR) is 132 cm³/mol. The number of thioether (sulfide) groups is 1. The van der Waals surface area contributed by atoms with Crippen molar-refractivity contribution < 1.29 is 14.3 Å². The zero-order chi connectivity index (χ0) is 22.8. The minimum Gasteiger partial charge on any atom is -0.494 e. The summed E-state index contributed by atoms with van der Waals surface area (Å²) in [6, 6.07) is 17.3. The molecule has 0 fully saturated rings. The van der Waals surface area contributed by atoms with E-state index in [1.165, 1.54) is 35.9 Å². The zero-order valence-electron chi connectivity index (χ0n) is 19.1. The van der Waals surface area contributed by atoms with Gasteiger partial charge in [-0.3, -0.25) is 14.5 Å². The van der Waals surface area contributed by atoms with E-state index in [9.17, 15) is 9.59 Å². The van der Waals surface area contributed by atoms with Gasteiger partial charge in [0, 0.05) is 11.4 Å². The molecule has 2 aromatic rings. The standard InChI is InChI=1S/C27H33NO3S/c1-3-5-6-7-8-12-19-28-26(29)24(21-15-17-22(18-16-21)31-20-4-2)25(27(28)30)32-23-13-10-9-11-14-23/h9-11,13-18H,3-8,12,19-20H2,1-2H3. The van der Waals surface area contributed by atoms with Gasteiger partial charge in [-0.05, 0) is 42.7 Å². The van der Waals surface area contributed by atoms with Crippen LogP contribution in [0.1, 0.15) is 64.4 Å². The van der Waals surface area contributed by atoms with Gasteiger partial charge in [-0.1, -0.05) is 88.0 Å². The van der Waals surface area contributed by atoms with Gasteiger partial charge in [-0.25, -0.2) is 0 Å². The Balaban J connectivity index is 1.79. The second kappa shape index (κ2) is 12.5. The van der Waals surface area contributed by atoms with Crippen molar-refractivity contribution in [2.45, 2.75) is 63.7 Å². The monoisotopic (exact) mass is 451 g/mol. The van der Waals surface area contributed by atoms with Gasteiger partial charge in [0.05, 0.1) is 17.1 Å². The fourth-order valence-electron chi connectivity index (χ4n) is 3.70. The highest BCUT2D eigenvalue weighted by atomic mass is 32.2. The number of rotatable bonds is 13. The number of nitrogens with zero attached hydrogens (tertiary/aromatic N) is 1. The molecule has 1 heterocycles. The van der Waals surface area contributed by atoms with Crippen LogP contribution in [0.2, 0.25) is 0 Å². The normalized spacial score (nSPS) is 13.9. The third-order valence-electron chi connectivity index (χ3n) is 5.44. The van der Waals surface area contributed by atoms with Gasteiger partial charge in [0.2, 0.25) is 0 Å². The lowest BCUT2D eigenvalue weighted by atomic mass is 10.1. The van der Waals surface area contributed by atoms with Crippen molar-refractivity contribution in [1.29, 1.82) is 0 Å². The van der Waals surface area contributed by atoms with E-state index in [0.717, 1.165) is 41.9 Å². The van der Waals surface area contributed by atoms with Crippen molar-refractivity contribution in [3.05, 3.63) is 65.1 Å². The number of benzene rings is 2. The smallest absolute Gasteiger partial charge is 0.268 e. The fraction of sp³-hybridized carbons (Fsp3) is 0.407. The highest BCUT2D eigenvalue weighted by Gasteiger charge is 2.39. The van der Waals surface area contributed by atoms with Crippen LogP contribution in [0, 0.1) is 0 Å². The lowest BCUT2D eigenvalue weighted by molar-refractivity contribution is -0.136. The lowest BCUT2D eigenvalue weighted by Gasteiger charge is -2.15. The van der Waals surface area contributed by atoms with Crippen LogP contribution in [-0.2, 0) is 9.59 Å². The summed E-state index contributed by atoms with van der Waals surface area (Å²) in [5.74, 6) is 0.400. The van der Waals surface area contributed by atoms with Gasteiger partial charge < -0.3 is 4.74 Å². The number of imide groups is 1. The van der Waals surface area contributed by atoms with Crippen molar-refractivity contribution in [3.63, 3.8) is 0 Å². The molecule has 0 bridgehead atoms. The van der Waals surface area contributed by atoms with Gasteiger partial charge in [0.1, 0.15) is 5.75 Å². The van der Waals surface area contributed by atoms with Crippen LogP contribution in [0.3, 0.4) is 0 Å². The Bertz CT molecular complexity index is 922. The molecule has 2 amide bonds. The molecular formula is C27H33NO3S. The highest BCUT2D eigenvalue weighted by molar-refractivity contribution is 8.04. The maximum absolute atomic E-state index is 13.3. The summed E-state index contributed by atoms with van der Waals surface area (Å²) in [5, 5.41) is 0. The highest BCUT2D eigenvalue weighted by Crippen LogP contribution is 2.40. The largest absolute Gasteiger partial charge is 0.494 e. The van der Waals surface area contributed by atoms with E-state index >= 15 is 0 Å². The first-order valence-corrected chi connectivity index (χ1v) is 12.5. The van der Waals surface area contributed by atoms with Gasteiger partial charge in [-0.2, -0.15) is 0 Å². The molecule has 0 unspecified atom stereocenters. The van der Waals surface area contributed by atoms with Gasteiger partial charge in [-0.15, -0.1) is 0 Å². The molecular weight excluding hydrogens is 418 g/mol. The second-order valence-corrected chi connectivity index (χ2v) is 9.11. The van der Waals surface area contributed by atoms with Crippen LogP contribution in [0.4, 0.5) is 0 Å². The van der Waals surface area contributed by atoms with Gasteiger partial charge >= 0.3 is 0 Å². The average molecular weight is 452 g/mol. The van der Waals surface area contributed by atoms with Crippen molar-refractivity contribution in [2.24, 2.45) is 0 Å². The van der Waals surface area contributed by atoms with E-state index in [1.54, 1.807) is 0 Å². The van der Waals surface area contributed by atoms with E-state index in [-0.39, 0.29) is 11.8 Å². The van der Waals surface area contributed by atoms with Gasteiger partial charge in [0.15, 0.2) is 0 Å². The number of carbonyl (C=O) groups is 2. The van der Waals surface area contributed by atoms with Crippen LogP contribution in [0.25, 0.3) is 5.57 Å². The molecule has 2 aromatic carbocycles. The summed E-state index contributed by atoms with van der Waals surface area (Å²) in [7, 11) is 0. The maximum atomic E-state index is 13.3. The molecule has 1 aliphatic rings. The minimum atomic E-state index is -0.191. The van der Waals surface area contributed by atoms with Crippen molar-refractivity contribution >= 4 is 29.1 Å². The molecule has 0 radical (unpaired) electrons. The van der Waals surface area contributed by atoms with Crippen molar-refractivity contribution in [3.8, 4) is 5.75 Å². The molecule has 170 valence electrons. The first kappa shape index (κ1) is 24.1. The summed E-state index contributed by atoms with van der Waals surface area (Å²) in [6.45, 7) is 5.39. The molecule has 0 saturated heterocycles. The first-order chi connectivity index (χ1) is 15.7. The molecule has 0 N–H and O–H groups in total. The van der Waals surface area contributed by atoms with E-state index in [2.05, 4.69) is 13.8 Å². The quantitative estimate of drug-likeness (QED) is 0.251. The molecule has 32 heavy (non-hydrogen) atoms. The molecule has 0 aromatic heterocycles. The molecule has 4 nitrogen and oxygen atoms in total. The molecule has 3 rings (SSSR count). The van der Waals surface area contributed by atoms with E-state index in [0.29, 0.717) is 23.6 Å². The Morgan fingerprint density at radius 2 is 1.47 bits per heavy atom. The summed E-state index contributed by atoms with van der Waals surface area (Å²) >= 11 is 1.37. The second-order valence-electron chi connectivity index (χ2n) is 8.02. The first-order valence-electron chi connectivity index (χ1n) is 11.7. The predicted octanol–water partition coefficient (Wildman–Crippen LogP) is 6.71. The average Bonchev–Trinajstić information content (AvgIpc) is 3.05. The fourth-order valence-corrected chi connectivity index (χ4v) is 4.73. The summed E-state index contributed by atoms with van der Waals surface area (Å²) < 4.78 is 5.67. The topological polar surface area (TPSA) is 46.6 Å². The lowest BCUT2D eigenvalue weighted by Crippen LogP contribution is -2.32. The number of hydrogen-bond donors (Lipinski definition) is 0. The third-order valence-corrected chi connectivity index (χ3v) is 6.53. The molecule has 0 saturated carbocycles. The number of hydrogen-bond acceptors (Lipinski definition) is 4. The maximum Gasteiger partial charge on any atom is 0.268 e. The van der Waals surface area contributed by atoms with Crippen molar-refractivity contribution in [1.82, 2.24) is 4.90 Å². The number of ether oxygens (including phenoxy) is 1. The van der Waals surface area contributed by atoms with Crippen LogP contribution in [-0.4, -0.2) is 29.9 Å². The third kappa shape index (κ3) is 6.26. The molecule has 5 heteroatoms. The Morgan fingerprint density at radius 3 is 2.16 bits per heavy atom. The van der Waals surface area contributed by atoms with Crippen molar-refractivity contribution in [2.75, 3.05) is 13.2 Å². The molecule has 0 aliphatic carbocycles. The Morgan fingerprint density at radius 1 is 0.781 bits per heavy atom. The molecule has 0 spiro atoms. The summed E-state index contributed by atoms with van der Waals surface area (Å²) in [6.07, 6.45) is 7.63. The molecule has 0 atom stereocenters.